The summed E-state index contributed by atoms with van der Waals surface area (Å²) in [5, 5.41) is 50.2. The normalized spacial score (nSPS) is 51.3. The minimum absolute atomic E-state index is 0.110. The first-order valence-electron chi connectivity index (χ1n) is 10.4. The van der Waals surface area contributed by atoms with Crippen molar-refractivity contribution in [2.45, 2.75) is 68.8 Å². The highest BCUT2D eigenvalue weighted by atomic mass is 16.7. The molecule has 4 aliphatic rings. The third-order valence-corrected chi connectivity index (χ3v) is 7.28. The van der Waals surface area contributed by atoms with E-state index in [1.54, 1.807) is 6.92 Å². The molecule has 2 saturated carbocycles. The molecule has 2 aliphatic heterocycles. The molecule has 0 aromatic carbocycles. The second-order valence-electron chi connectivity index (χ2n) is 8.96. The average molecular weight is 426 g/mol. The summed E-state index contributed by atoms with van der Waals surface area (Å²) in [5.74, 6) is -1.65. The maximum absolute atomic E-state index is 12.4. The van der Waals surface area contributed by atoms with Gasteiger partial charge >= 0.3 is 5.97 Å². The number of carbonyl (C=O) groups is 1. The van der Waals surface area contributed by atoms with Gasteiger partial charge in [0, 0.05) is 11.8 Å². The van der Waals surface area contributed by atoms with E-state index < -0.39 is 67.5 Å². The van der Waals surface area contributed by atoms with Gasteiger partial charge in [-0.25, -0.2) is 0 Å². The van der Waals surface area contributed by atoms with Crippen LogP contribution in [-0.2, 0) is 19.0 Å². The molecule has 9 heteroatoms. The summed E-state index contributed by atoms with van der Waals surface area (Å²) in [6.45, 7) is 9.38. The minimum atomic E-state index is -1.56. The lowest BCUT2D eigenvalue weighted by molar-refractivity contribution is -0.316. The predicted molar refractivity (Wildman–Crippen MR) is 102 cm³/mol. The van der Waals surface area contributed by atoms with Gasteiger partial charge in [-0.2, -0.15) is 0 Å². The first-order chi connectivity index (χ1) is 14.1. The van der Waals surface area contributed by atoms with Crippen LogP contribution in [0.1, 0.15) is 19.8 Å². The van der Waals surface area contributed by atoms with E-state index in [-0.39, 0.29) is 17.8 Å². The van der Waals surface area contributed by atoms with Crippen LogP contribution in [0.25, 0.3) is 0 Å². The first kappa shape index (κ1) is 21.9. The summed E-state index contributed by atoms with van der Waals surface area (Å²) in [4.78, 5) is 12.4. The number of aliphatic hydroxyl groups is 5. The van der Waals surface area contributed by atoms with Gasteiger partial charge in [0.15, 0.2) is 6.29 Å². The summed E-state index contributed by atoms with van der Waals surface area (Å²) < 4.78 is 17.3. The molecule has 0 amide bonds. The Balaban J connectivity index is 1.62. The smallest absolute Gasteiger partial charge is 0.309 e. The van der Waals surface area contributed by atoms with Crippen molar-refractivity contribution in [3.05, 3.63) is 24.3 Å². The van der Waals surface area contributed by atoms with Gasteiger partial charge in [0.2, 0.25) is 0 Å². The first-order valence-corrected chi connectivity index (χ1v) is 10.4. The topological polar surface area (TPSA) is 146 Å². The molecular formula is C21H30O9. The van der Waals surface area contributed by atoms with Gasteiger partial charge in [-0.15, -0.1) is 0 Å². The molecule has 2 aliphatic carbocycles. The zero-order chi connectivity index (χ0) is 21.9. The Morgan fingerprint density at radius 2 is 1.83 bits per heavy atom. The van der Waals surface area contributed by atoms with Crippen LogP contribution in [0.5, 0.6) is 0 Å². The Bertz CT molecular complexity index is 721. The second kappa shape index (κ2) is 7.98. The number of esters is 1. The molecule has 4 rings (SSSR count). The number of ether oxygens (including phenoxy) is 3. The fraction of sp³-hybridized carbons (Fsp3) is 0.762. The van der Waals surface area contributed by atoms with Crippen LogP contribution in [0.2, 0.25) is 0 Å². The Kier molecular flexibility index (Phi) is 5.82. The van der Waals surface area contributed by atoms with E-state index in [4.69, 9.17) is 14.2 Å². The molecule has 9 nitrogen and oxygen atoms in total. The van der Waals surface area contributed by atoms with Gasteiger partial charge in [-0.05, 0) is 24.3 Å². The van der Waals surface area contributed by atoms with E-state index in [9.17, 15) is 30.3 Å². The number of carbonyl (C=O) groups excluding carboxylic acids is 1. The molecule has 0 unspecified atom stereocenters. The Morgan fingerprint density at radius 3 is 2.50 bits per heavy atom. The van der Waals surface area contributed by atoms with Gasteiger partial charge in [0.05, 0.1) is 24.7 Å². The van der Waals surface area contributed by atoms with E-state index in [2.05, 4.69) is 13.2 Å². The van der Waals surface area contributed by atoms with Crippen molar-refractivity contribution < 1.29 is 44.5 Å². The number of hydrogen-bond donors (Lipinski definition) is 5. The number of hydrogen-bond acceptors (Lipinski definition) is 9. The van der Waals surface area contributed by atoms with Crippen molar-refractivity contribution in [2.75, 3.05) is 6.61 Å². The third kappa shape index (κ3) is 3.33. The second-order valence-corrected chi connectivity index (χ2v) is 8.96. The molecule has 30 heavy (non-hydrogen) atoms. The largest absolute Gasteiger partial charge is 0.461 e. The summed E-state index contributed by atoms with van der Waals surface area (Å²) in [6, 6.07) is 0. The van der Waals surface area contributed by atoms with Crippen molar-refractivity contribution in [2.24, 2.45) is 23.7 Å². The van der Waals surface area contributed by atoms with Gasteiger partial charge < -0.3 is 39.7 Å². The van der Waals surface area contributed by atoms with Crippen LogP contribution < -0.4 is 0 Å². The molecule has 2 saturated heterocycles. The standard InChI is InChI=1S/C21H30O9/c1-7-4-12(28-21-18(26)17(25)16(24)13(6-22)29-21)15-9(3)20(27)30-19(15)14-8(2)11(23)5-10(7)14/h9-19,21-26H,1-2,4-6H2,3H3/t9-,10+,11+,12+,13-,14+,15-,16-,17+,18-,19-,21-/m1/s1. The molecule has 0 aromatic rings. The molecule has 0 radical (unpaired) electrons. The van der Waals surface area contributed by atoms with Crippen molar-refractivity contribution >= 4 is 5.97 Å². The van der Waals surface area contributed by atoms with Crippen molar-refractivity contribution in [1.29, 1.82) is 0 Å². The van der Waals surface area contributed by atoms with Gasteiger partial charge in [-0.3, -0.25) is 4.79 Å². The Labute approximate surface area is 174 Å². The highest BCUT2D eigenvalue weighted by molar-refractivity contribution is 5.75. The summed E-state index contributed by atoms with van der Waals surface area (Å²) in [5.41, 5.74) is 1.44. The molecule has 0 aromatic heterocycles. The molecule has 168 valence electrons. The van der Waals surface area contributed by atoms with Gasteiger partial charge in [0.25, 0.3) is 0 Å². The fourth-order valence-electron chi connectivity index (χ4n) is 5.52. The molecule has 4 fully saturated rings. The number of rotatable bonds is 3. The quantitative estimate of drug-likeness (QED) is 0.279. The van der Waals surface area contributed by atoms with Crippen LogP contribution in [0.4, 0.5) is 0 Å². The van der Waals surface area contributed by atoms with Crippen LogP contribution in [0.3, 0.4) is 0 Å². The number of fused-ring (bicyclic) bond motifs is 3. The molecule has 12 atom stereocenters. The lowest BCUT2D eigenvalue weighted by Crippen LogP contribution is -2.60. The van der Waals surface area contributed by atoms with Gasteiger partial charge in [-0.1, -0.05) is 25.7 Å². The van der Waals surface area contributed by atoms with Crippen LogP contribution in [-0.4, -0.2) is 87.1 Å². The van der Waals surface area contributed by atoms with E-state index >= 15 is 0 Å². The SMILES string of the molecule is C=C1[C@@H]2[C@H]3OC(=O)[C@H](C)[C@@H]3[C@@H](O[C@@H]3O[C@H](CO)[C@@H](O)[C@H](O)[C@H]3O)CC(=C)[C@@H]2C[C@@H]1O. The highest BCUT2D eigenvalue weighted by Gasteiger charge is 2.58. The van der Waals surface area contributed by atoms with Crippen molar-refractivity contribution in [1.82, 2.24) is 0 Å². The predicted octanol–water partition coefficient (Wildman–Crippen LogP) is -1.14. The summed E-state index contributed by atoms with van der Waals surface area (Å²) in [7, 11) is 0. The van der Waals surface area contributed by atoms with E-state index in [0.29, 0.717) is 18.4 Å². The Morgan fingerprint density at radius 1 is 1.13 bits per heavy atom. The third-order valence-electron chi connectivity index (χ3n) is 7.28. The lowest BCUT2D eigenvalue weighted by Gasteiger charge is -2.42. The summed E-state index contributed by atoms with van der Waals surface area (Å²) in [6.07, 6.45) is -8.06. The molecule has 0 spiro atoms. The summed E-state index contributed by atoms with van der Waals surface area (Å²) >= 11 is 0. The van der Waals surface area contributed by atoms with Crippen molar-refractivity contribution in [3.8, 4) is 0 Å². The minimum Gasteiger partial charge on any atom is -0.461 e. The van der Waals surface area contributed by atoms with Gasteiger partial charge in [0.1, 0.15) is 30.5 Å². The van der Waals surface area contributed by atoms with E-state index in [0.717, 1.165) is 5.57 Å². The average Bonchev–Trinajstić information content (AvgIpc) is 3.13. The van der Waals surface area contributed by atoms with Crippen LogP contribution >= 0.6 is 0 Å². The monoisotopic (exact) mass is 426 g/mol. The fourth-order valence-corrected chi connectivity index (χ4v) is 5.52. The number of aliphatic hydroxyl groups excluding tert-OH is 5. The maximum Gasteiger partial charge on any atom is 0.309 e. The van der Waals surface area contributed by atoms with E-state index in [1.165, 1.54) is 0 Å². The lowest BCUT2D eigenvalue weighted by atomic mass is 9.79. The zero-order valence-electron chi connectivity index (χ0n) is 16.8. The van der Waals surface area contributed by atoms with Crippen LogP contribution in [0, 0.1) is 23.7 Å². The van der Waals surface area contributed by atoms with Crippen LogP contribution in [0.15, 0.2) is 24.3 Å². The molecular weight excluding hydrogens is 396 g/mol. The molecule has 5 N–H and O–H groups in total. The zero-order valence-corrected chi connectivity index (χ0v) is 16.8. The maximum atomic E-state index is 12.4. The molecule has 0 bridgehead atoms. The van der Waals surface area contributed by atoms with E-state index in [1.807, 2.05) is 0 Å². The van der Waals surface area contributed by atoms with Crippen molar-refractivity contribution in [3.63, 3.8) is 0 Å². The highest BCUT2D eigenvalue weighted by Crippen LogP contribution is 2.53. The molecule has 2 heterocycles. The Hall–Kier alpha value is -1.33.